The number of methoxy groups -OCH3 is 3. The van der Waals surface area contributed by atoms with Crippen LogP contribution in [-0.4, -0.2) is 277 Å². The Bertz CT molecular complexity index is 4530. The zero-order chi connectivity index (χ0) is 93.5. The third kappa shape index (κ3) is 32.5. The fourth-order valence-corrected chi connectivity index (χ4v) is 17.3. The fraction of sp³-hybridized carbons (Fsp3) is 0.684. The number of cyclic esters (lactones) is 1. The fourth-order valence-electron chi connectivity index (χ4n) is 17.3. The van der Waals surface area contributed by atoms with Gasteiger partial charge in [0.25, 0.3) is 17.7 Å². The predicted molar refractivity (Wildman–Crippen MR) is 484 cm³/mol. The van der Waals surface area contributed by atoms with E-state index < -0.39 is 83.7 Å². The van der Waals surface area contributed by atoms with Crippen LogP contribution in [0.4, 0.5) is 11.8 Å². The lowest BCUT2D eigenvalue weighted by atomic mass is 9.77. The quantitative estimate of drug-likeness (QED) is 0.0105. The summed E-state index contributed by atoms with van der Waals surface area (Å²) >= 11 is 0. The van der Waals surface area contributed by atoms with E-state index >= 15 is 0 Å². The van der Waals surface area contributed by atoms with E-state index in [9.17, 15) is 48.6 Å². The van der Waals surface area contributed by atoms with Gasteiger partial charge >= 0.3 is 5.97 Å². The summed E-state index contributed by atoms with van der Waals surface area (Å²) in [5.41, 5.74) is 17.2. The molecule has 35 heteroatoms. The van der Waals surface area contributed by atoms with Gasteiger partial charge in [0.1, 0.15) is 65.1 Å². The lowest BCUT2D eigenvalue weighted by Gasteiger charge is -2.42. The zero-order valence-electron chi connectivity index (χ0n) is 77.9. The van der Waals surface area contributed by atoms with Gasteiger partial charge in [-0.25, -0.2) is 24.1 Å². The van der Waals surface area contributed by atoms with E-state index in [1.165, 1.54) is 18.3 Å². The number of nitrogen functional groups attached to an aromatic ring is 2. The van der Waals surface area contributed by atoms with Crippen LogP contribution in [0.5, 0.6) is 0 Å². The first-order valence-corrected chi connectivity index (χ1v) is 46.6. The van der Waals surface area contributed by atoms with Gasteiger partial charge < -0.3 is 93.2 Å². The second-order valence-corrected chi connectivity index (χ2v) is 35.0. The van der Waals surface area contributed by atoms with Gasteiger partial charge in [0, 0.05) is 122 Å². The smallest absolute Gasteiger partial charge is 0.329 e. The van der Waals surface area contributed by atoms with Crippen LogP contribution in [0.15, 0.2) is 82.7 Å². The van der Waals surface area contributed by atoms with Crippen molar-refractivity contribution in [2.75, 3.05) is 138 Å². The summed E-state index contributed by atoms with van der Waals surface area (Å²) in [6.45, 7) is 18.8. The minimum atomic E-state index is -2.48. The molecule has 7 N–H and O–H groups in total. The van der Waals surface area contributed by atoms with Crippen LogP contribution < -0.4 is 16.8 Å². The number of rotatable bonds is 46. The molecule has 7 heterocycles. The van der Waals surface area contributed by atoms with Gasteiger partial charge in [-0.2, -0.15) is 10.1 Å². The van der Waals surface area contributed by atoms with Gasteiger partial charge in [-0.05, 0) is 157 Å². The molecule has 0 unspecified atom stereocenters. The molecular weight excluding hydrogens is 1680 g/mol. The highest BCUT2D eigenvalue weighted by Crippen LogP contribution is 2.41. The number of fused-ring (bicyclic) bond motifs is 5. The van der Waals surface area contributed by atoms with Crippen LogP contribution in [0.3, 0.4) is 0 Å². The molecule has 4 aliphatic rings. The number of nitrogens with zero attached hydrogens (tertiary/aromatic N) is 9. The Labute approximate surface area is 763 Å². The minimum absolute atomic E-state index is 0.0154. The molecule has 2 saturated heterocycles. The number of aliphatic hydroxyl groups is 2. The third-order valence-electron chi connectivity index (χ3n) is 25.0. The number of anilines is 2. The Morgan fingerprint density at radius 2 is 1.39 bits per heavy atom. The molecule has 1 aromatic carbocycles. The number of carbonyl (C=O) groups excluding carboxylic acids is 8. The first kappa shape index (κ1) is 105. The average molecular weight is 1820 g/mol. The summed E-state index contributed by atoms with van der Waals surface area (Å²) in [5.74, 6) is -7.97. The maximum Gasteiger partial charge on any atom is 0.329 e. The average Bonchev–Trinajstić information content (AvgIpc) is 0.944. The molecule has 3 fully saturated rings. The number of hydrogen-bond donors (Lipinski definition) is 5. The summed E-state index contributed by atoms with van der Waals surface area (Å²) in [6, 6.07) is 4.25. The van der Waals surface area contributed by atoms with Gasteiger partial charge in [0.05, 0.1) is 121 Å². The number of ether oxygens (including phenoxy) is 12. The predicted octanol–water partition coefficient (Wildman–Crippen LogP) is 10.3. The highest BCUT2D eigenvalue weighted by atomic mass is 16.6. The first-order valence-electron chi connectivity index (χ1n) is 46.6. The maximum absolute atomic E-state index is 14.8. The van der Waals surface area contributed by atoms with E-state index in [2.05, 4.69) is 30.6 Å². The van der Waals surface area contributed by atoms with Crippen molar-refractivity contribution in [3.63, 3.8) is 0 Å². The van der Waals surface area contributed by atoms with Crippen LogP contribution in [0.25, 0.3) is 33.4 Å². The summed E-state index contributed by atoms with van der Waals surface area (Å²) in [7, 11) is 4.60. The molecule has 1 aliphatic carbocycles. The third-order valence-corrected chi connectivity index (χ3v) is 25.0. The number of aromatic nitrogens is 8. The summed E-state index contributed by atoms with van der Waals surface area (Å²) in [6.07, 6.45) is 20.6. The monoisotopic (exact) mass is 1820 g/mol. The second-order valence-electron chi connectivity index (χ2n) is 35.0. The number of amides is 2. The van der Waals surface area contributed by atoms with E-state index in [0.717, 1.165) is 42.5 Å². The number of Topliss-reactive ketones (excluding diaryl/α,β-unsaturated/α-hetero) is 5. The van der Waals surface area contributed by atoms with Crippen LogP contribution in [0.1, 0.15) is 201 Å². The lowest BCUT2D eigenvalue weighted by molar-refractivity contribution is -0.265. The Morgan fingerprint density at radius 1 is 0.708 bits per heavy atom. The number of piperidine rings is 1. The van der Waals surface area contributed by atoms with Gasteiger partial charge in [0.2, 0.25) is 11.7 Å². The van der Waals surface area contributed by atoms with E-state index in [4.69, 9.17) is 77.8 Å². The standard InChI is InChI=1S/C95H142N12O23/c1-62-21-13-11-14-22-63(2)80(118-8)58-74-31-28-68(7)95(117,130-74)89(114)92(115)105-37-18-16-26-77(105)93(116)128-81(59-78(110)64(3)54-67(6)87(113)88(120-10)86(112)66(5)53-62)65(4)55-69-29-32-76(82(56-69)119-9)107-60-71(102-104-107)23-19-27-83(111)98-36-42-124-46-50-126-48-44-123-41-35-73(109)25-20-39-121-43-47-125-51-52-127-49-45-122-40-34-72(108)24-15-12-17-38-106-91-84(90(96)99-61-100-91)85(103-106)70-30-33-79-75(57-70)101-94(97)129-79/h11,13-14,21-22,30,33,54,57,60-62,64-66,68-69,74,76-77,80-82,87-88,113,117H,12,15-20,23-29,31-32,34-53,55-56,58-59H2,1-10H3,(H2,97,101)(H,98,111)(H2,96,99,100)/b14-11+,21-13+,63-22+,67-54+/t62-,64-,65-,66-,68-,69+,74+,76+,77+,80+,81+,82-,87-,88+,95-/m1/s1. The number of aryl methyl sites for hydroxylation is 2. The number of ketones is 5. The molecule has 35 nitrogen and oxygen atoms in total. The Kier molecular flexibility index (Phi) is 44.4. The molecular formula is C95H142N12O23. The van der Waals surface area contributed by atoms with Crippen molar-refractivity contribution in [2.45, 2.75) is 257 Å². The van der Waals surface area contributed by atoms with Crippen molar-refractivity contribution in [3.05, 3.63) is 84.0 Å². The molecule has 1 saturated carbocycles. The molecule has 0 spiro atoms. The normalized spacial score (nSPS) is 26.1. The van der Waals surface area contributed by atoms with Crippen molar-refractivity contribution >= 4 is 80.7 Å². The van der Waals surface area contributed by atoms with Crippen molar-refractivity contribution in [2.24, 2.45) is 35.5 Å². The number of nitrogens with two attached hydrogens (primary N) is 2. The van der Waals surface area contributed by atoms with Crippen molar-refractivity contribution < 1.29 is 110 Å². The molecule has 0 radical (unpaired) electrons. The Hall–Kier alpha value is -8.82. The number of benzene rings is 1. The van der Waals surface area contributed by atoms with Gasteiger partial charge in [-0.1, -0.05) is 82.7 Å². The van der Waals surface area contributed by atoms with Crippen molar-refractivity contribution in [1.29, 1.82) is 0 Å². The number of hydrogen-bond acceptors (Lipinski definition) is 31. The minimum Gasteiger partial charge on any atom is -0.460 e. The number of allylic oxidation sites excluding steroid dienone is 6. The highest BCUT2D eigenvalue weighted by molar-refractivity contribution is 6.39. The summed E-state index contributed by atoms with van der Waals surface area (Å²) < 4.78 is 78.7. The number of unbranched alkanes of at least 4 members (excludes halogenated alkanes) is 2. The number of aliphatic hydroxyl groups excluding tert-OH is 1. The molecule has 2 amide bonds. The first-order chi connectivity index (χ1) is 62.7. The van der Waals surface area contributed by atoms with Crippen LogP contribution in [0.2, 0.25) is 0 Å². The number of carbonyl (C=O) groups is 8. The number of esters is 1. The van der Waals surface area contributed by atoms with E-state index in [-0.39, 0.29) is 91.3 Å². The molecule has 2 bridgehead atoms. The van der Waals surface area contributed by atoms with Crippen LogP contribution in [-0.2, 0) is 108 Å². The van der Waals surface area contributed by atoms with E-state index in [1.54, 1.807) is 47.1 Å². The molecule has 5 aromatic rings. The summed E-state index contributed by atoms with van der Waals surface area (Å²) in [5, 5.41) is 41.2. The van der Waals surface area contributed by atoms with E-state index in [0.29, 0.717) is 241 Å². The maximum atomic E-state index is 14.8. The SMILES string of the molecule is CO[C@H]1C[C@@H]2CC[C@@H](C)[C@@](O)(O2)C(=O)C(=O)N2CCCC[C@H]2C(=O)O[C@H]([C@H](C)C[C@@H]2CC[C@H](n3cc(CCCC(=O)NCCOCCOCCOCCC(=O)CCCOCCOCCOCCOCCC(=O)CCCCCn4nc(-c5ccc6oc(N)nc6c5)c5c(N)ncnc54)nn3)[C@H](OC)C2)CC(=O)[C@H](C)/C=C(\C)[C@@H](O)[C@@H](OC)C(=O)[C@H](C)C[C@H](C)/C=C/C=C/C=C/1C. The lowest BCUT2D eigenvalue weighted by Crippen LogP contribution is -2.61. The molecule has 9 rings (SSSR count). The molecule has 15 atom stereocenters. The topological polar surface area (TPSA) is 455 Å². The molecule has 3 aliphatic heterocycles. The van der Waals surface area contributed by atoms with Gasteiger partial charge in [-0.15, -0.1) is 5.10 Å². The Balaban J connectivity index is 0.593. The van der Waals surface area contributed by atoms with Crippen molar-refractivity contribution in [3.8, 4) is 11.3 Å². The van der Waals surface area contributed by atoms with Crippen LogP contribution >= 0.6 is 0 Å². The van der Waals surface area contributed by atoms with Crippen molar-refractivity contribution in [1.82, 2.24) is 49.9 Å². The largest absolute Gasteiger partial charge is 0.460 e. The molecule has 4 aromatic heterocycles. The second kappa shape index (κ2) is 55.0. The van der Waals surface area contributed by atoms with Gasteiger partial charge in [-0.3, -0.25) is 33.6 Å². The van der Waals surface area contributed by atoms with Crippen LogP contribution in [0, 0.1) is 35.5 Å². The zero-order valence-corrected chi connectivity index (χ0v) is 77.9. The number of oxazole rings is 1. The molecule has 720 valence electrons. The molecule has 130 heavy (non-hydrogen) atoms. The van der Waals surface area contributed by atoms with Gasteiger partial charge in [0.15, 0.2) is 17.0 Å². The number of nitrogens with one attached hydrogen (secondary N) is 1. The Morgan fingerprint density at radius 3 is 2.08 bits per heavy atom. The van der Waals surface area contributed by atoms with E-state index in [1.807, 2.05) is 85.8 Å². The highest BCUT2D eigenvalue weighted by Gasteiger charge is 2.53. The summed E-state index contributed by atoms with van der Waals surface area (Å²) in [4.78, 5) is 124.